The third-order valence-corrected chi connectivity index (χ3v) is 3.64. The van der Waals surface area contributed by atoms with Crippen LogP contribution in [-0.4, -0.2) is 35.7 Å². The van der Waals surface area contributed by atoms with E-state index in [1.165, 1.54) is 25.9 Å². The van der Waals surface area contributed by atoms with Gasteiger partial charge in [-0.25, -0.2) is 0 Å². The Bertz CT molecular complexity index is 169. The van der Waals surface area contributed by atoms with Crippen molar-refractivity contribution in [2.45, 2.75) is 46.6 Å². The molecule has 0 bridgehead atoms. The lowest BCUT2D eigenvalue weighted by atomic mass is 9.86. The molecule has 0 aromatic carbocycles. The minimum Gasteiger partial charge on any atom is -0.393 e. The van der Waals surface area contributed by atoms with Crippen molar-refractivity contribution >= 4 is 0 Å². The summed E-state index contributed by atoms with van der Waals surface area (Å²) in [6.45, 7) is 12.0. The summed E-state index contributed by atoms with van der Waals surface area (Å²) < 4.78 is 0. The van der Waals surface area contributed by atoms with E-state index in [2.05, 4.69) is 25.7 Å². The van der Waals surface area contributed by atoms with E-state index in [9.17, 15) is 5.11 Å². The summed E-state index contributed by atoms with van der Waals surface area (Å²) in [4.78, 5) is 2.49. The fourth-order valence-corrected chi connectivity index (χ4v) is 1.93. The predicted molar refractivity (Wildman–Crippen MR) is 60.3 cm³/mol. The van der Waals surface area contributed by atoms with Gasteiger partial charge in [0, 0.05) is 12.0 Å². The summed E-state index contributed by atoms with van der Waals surface area (Å²) in [6.07, 6.45) is 2.41. The summed E-state index contributed by atoms with van der Waals surface area (Å²) >= 11 is 0. The summed E-state index contributed by atoms with van der Waals surface area (Å²) in [5, 5.41) is 9.64. The van der Waals surface area contributed by atoms with Gasteiger partial charge in [0.05, 0.1) is 6.10 Å². The van der Waals surface area contributed by atoms with Gasteiger partial charge in [-0.05, 0) is 38.8 Å². The Morgan fingerprint density at radius 1 is 1.36 bits per heavy atom. The van der Waals surface area contributed by atoms with Crippen LogP contribution in [0.15, 0.2) is 0 Å². The Morgan fingerprint density at radius 3 is 2.29 bits per heavy atom. The molecule has 1 rings (SSSR count). The molecule has 1 unspecified atom stereocenters. The zero-order valence-corrected chi connectivity index (χ0v) is 10.1. The maximum absolute atomic E-state index is 9.64. The number of piperidine rings is 1. The molecule has 1 atom stereocenters. The van der Waals surface area contributed by atoms with E-state index in [-0.39, 0.29) is 11.5 Å². The van der Waals surface area contributed by atoms with Crippen LogP contribution in [0.5, 0.6) is 0 Å². The van der Waals surface area contributed by atoms with Crippen LogP contribution < -0.4 is 0 Å². The van der Waals surface area contributed by atoms with Crippen molar-refractivity contribution in [1.82, 2.24) is 4.90 Å². The lowest BCUT2D eigenvalue weighted by molar-refractivity contribution is 0.0258. The first-order valence-electron chi connectivity index (χ1n) is 5.82. The maximum Gasteiger partial charge on any atom is 0.0575 e. The van der Waals surface area contributed by atoms with Gasteiger partial charge >= 0.3 is 0 Å². The largest absolute Gasteiger partial charge is 0.393 e. The van der Waals surface area contributed by atoms with Crippen molar-refractivity contribution in [3.8, 4) is 0 Å². The number of hydrogen-bond acceptors (Lipinski definition) is 2. The zero-order valence-electron chi connectivity index (χ0n) is 10.1. The van der Waals surface area contributed by atoms with Gasteiger partial charge in [0.2, 0.25) is 0 Å². The molecule has 0 aromatic heterocycles. The first-order chi connectivity index (χ1) is 6.42. The van der Waals surface area contributed by atoms with Gasteiger partial charge in [-0.15, -0.1) is 0 Å². The average Bonchev–Trinajstić information content (AvgIpc) is 2.08. The molecule has 0 amide bonds. The lowest BCUT2D eigenvalue weighted by Crippen LogP contribution is -2.43. The van der Waals surface area contributed by atoms with Crippen LogP contribution >= 0.6 is 0 Å². The number of nitrogens with zero attached hydrogens (tertiary/aromatic N) is 1. The molecule has 14 heavy (non-hydrogen) atoms. The Labute approximate surface area is 88.3 Å². The molecule has 0 radical (unpaired) electrons. The molecule has 84 valence electrons. The van der Waals surface area contributed by atoms with Crippen LogP contribution in [0.3, 0.4) is 0 Å². The number of aliphatic hydroxyl groups excluding tert-OH is 1. The highest BCUT2D eigenvalue weighted by molar-refractivity contribution is 4.80. The molecule has 2 nitrogen and oxygen atoms in total. The lowest BCUT2D eigenvalue weighted by Gasteiger charge is -2.38. The third kappa shape index (κ3) is 3.25. The molecule has 2 heteroatoms. The molecule has 1 fully saturated rings. The van der Waals surface area contributed by atoms with E-state index in [0.29, 0.717) is 0 Å². The number of rotatable bonds is 3. The van der Waals surface area contributed by atoms with Gasteiger partial charge < -0.3 is 10.0 Å². The third-order valence-electron chi connectivity index (χ3n) is 3.64. The second-order valence-electron chi connectivity index (χ2n) is 5.62. The van der Waals surface area contributed by atoms with E-state index in [0.717, 1.165) is 12.5 Å². The van der Waals surface area contributed by atoms with E-state index in [4.69, 9.17) is 0 Å². The van der Waals surface area contributed by atoms with Crippen LogP contribution in [0.4, 0.5) is 0 Å². The number of hydrogen-bond donors (Lipinski definition) is 1. The Hall–Kier alpha value is -0.0800. The van der Waals surface area contributed by atoms with Crippen molar-refractivity contribution in [3.05, 3.63) is 0 Å². The number of likely N-dealkylation sites (tertiary alicyclic amines) is 1. The van der Waals surface area contributed by atoms with Crippen molar-refractivity contribution in [2.24, 2.45) is 11.3 Å². The minimum atomic E-state index is -0.221. The number of aliphatic hydroxyl groups is 1. The molecule has 0 aliphatic carbocycles. The Kier molecular flexibility index (Phi) is 3.96. The summed E-state index contributed by atoms with van der Waals surface area (Å²) in [5.74, 6) is 0.890. The van der Waals surface area contributed by atoms with Gasteiger partial charge in [-0.2, -0.15) is 0 Å². The van der Waals surface area contributed by atoms with Gasteiger partial charge in [0.25, 0.3) is 0 Å². The molecule has 1 saturated heterocycles. The first kappa shape index (κ1) is 12.0. The average molecular weight is 199 g/mol. The fourth-order valence-electron chi connectivity index (χ4n) is 1.93. The SMILES string of the molecule is CC1CCN(CC(C)(C)C(C)O)CC1. The van der Waals surface area contributed by atoms with Crippen LogP contribution in [-0.2, 0) is 0 Å². The van der Waals surface area contributed by atoms with E-state index in [1.807, 2.05) is 6.92 Å². The molecule has 1 aliphatic heterocycles. The van der Waals surface area contributed by atoms with E-state index >= 15 is 0 Å². The summed E-state index contributed by atoms with van der Waals surface area (Å²) in [5.41, 5.74) is 0.0284. The highest BCUT2D eigenvalue weighted by atomic mass is 16.3. The van der Waals surface area contributed by atoms with Gasteiger partial charge in [0.15, 0.2) is 0 Å². The van der Waals surface area contributed by atoms with Crippen molar-refractivity contribution < 1.29 is 5.11 Å². The monoisotopic (exact) mass is 199 g/mol. The molecule has 0 aromatic rings. The standard InChI is InChI=1S/C12H25NO/c1-10-5-7-13(8-6-10)9-12(3,4)11(2)14/h10-11,14H,5-9H2,1-4H3. The summed E-state index contributed by atoms with van der Waals surface area (Å²) in [6, 6.07) is 0. The maximum atomic E-state index is 9.64. The van der Waals surface area contributed by atoms with E-state index in [1.54, 1.807) is 0 Å². The molecule has 1 N–H and O–H groups in total. The fraction of sp³-hybridized carbons (Fsp3) is 1.00. The topological polar surface area (TPSA) is 23.5 Å². The van der Waals surface area contributed by atoms with Crippen molar-refractivity contribution in [1.29, 1.82) is 0 Å². The quantitative estimate of drug-likeness (QED) is 0.752. The smallest absolute Gasteiger partial charge is 0.0575 e. The highest BCUT2D eigenvalue weighted by Crippen LogP contribution is 2.25. The predicted octanol–water partition coefficient (Wildman–Crippen LogP) is 2.13. The molecular weight excluding hydrogens is 174 g/mol. The molecule has 0 saturated carbocycles. The Morgan fingerprint density at radius 2 is 1.86 bits per heavy atom. The van der Waals surface area contributed by atoms with Crippen LogP contribution in [0.1, 0.15) is 40.5 Å². The van der Waals surface area contributed by atoms with Gasteiger partial charge in [0.1, 0.15) is 0 Å². The van der Waals surface area contributed by atoms with Crippen molar-refractivity contribution in [2.75, 3.05) is 19.6 Å². The molecule has 1 heterocycles. The highest BCUT2D eigenvalue weighted by Gasteiger charge is 2.28. The van der Waals surface area contributed by atoms with Crippen LogP contribution in [0.25, 0.3) is 0 Å². The molecule has 0 spiro atoms. The first-order valence-corrected chi connectivity index (χ1v) is 5.82. The molecular formula is C12H25NO. The van der Waals surface area contributed by atoms with E-state index < -0.39 is 0 Å². The Balaban J connectivity index is 2.37. The van der Waals surface area contributed by atoms with Crippen LogP contribution in [0.2, 0.25) is 0 Å². The molecule has 1 aliphatic rings. The van der Waals surface area contributed by atoms with Crippen molar-refractivity contribution in [3.63, 3.8) is 0 Å². The summed E-state index contributed by atoms with van der Waals surface area (Å²) in [7, 11) is 0. The zero-order chi connectivity index (χ0) is 10.8. The second kappa shape index (κ2) is 4.63. The second-order valence-corrected chi connectivity index (χ2v) is 5.62. The van der Waals surface area contributed by atoms with Gasteiger partial charge in [-0.1, -0.05) is 20.8 Å². The van der Waals surface area contributed by atoms with Crippen LogP contribution in [0, 0.1) is 11.3 Å². The minimum absolute atomic E-state index is 0.0284. The van der Waals surface area contributed by atoms with Gasteiger partial charge in [-0.3, -0.25) is 0 Å². The normalized spacial score (nSPS) is 23.8.